The number of nitrogens with zero attached hydrogens (tertiary/aromatic N) is 1. The second-order valence-electron chi connectivity index (χ2n) is 7.71. The molecule has 0 bridgehead atoms. The third-order valence-electron chi connectivity index (χ3n) is 4.96. The highest BCUT2D eigenvalue weighted by molar-refractivity contribution is 6.39. The van der Waals surface area contributed by atoms with E-state index in [9.17, 15) is 9.59 Å². The average molecular weight is 510 g/mol. The van der Waals surface area contributed by atoms with Crippen LogP contribution in [0.4, 0.5) is 5.69 Å². The molecule has 36 heavy (non-hydrogen) atoms. The molecule has 3 aromatic carbocycles. The predicted octanol–water partition coefficient (Wildman–Crippen LogP) is 5.20. The zero-order valence-corrected chi connectivity index (χ0v) is 20.9. The lowest BCUT2D eigenvalue weighted by Crippen LogP contribution is -2.32. The fraction of sp³-hybridized carbons (Fsp3) is 0.222. The molecular formula is C27H28ClN3O5. The van der Waals surface area contributed by atoms with Crippen LogP contribution in [0, 0.1) is 0 Å². The Bertz CT molecular complexity index is 1180. The summed E-state index contributed by atoms with van der Waals surface area (Å²) in [5.74, 6) is 0.0148. The first-order valence-corrected chi connectivity index (χ1v) is 11.8. The standard InChI is InChI=1S/C27H28ClN3O5/c1-3-4-15-35-23-12-10-22(11-13-23)30-26(32)27(33)31-29-17-20-7-14-24(25(16-20)34-2)36-18-19-5-8-21(28)9-6-19/h5-14,16-17H,3-4,15,18H2,1-2H3,(H,30,32)(H,31,33)/b29-17-. The molecule has 3 rings (SSSR count). The van der Waals surface area contributed by atoms with Crippen molar-refractivity contribution in [1.82, 2.24) is 5.43 Å². The molecular weight excluding hydrogens is 482 g/mol. The van der Waals surface area contributed by atoms with Crippen LogP contribution >= 0.6 is 11.6 Å². The van der Waals surface area contributed by atoms with Gasteiger partial charge in [0.1, 0.15) is 12.4 Å². The highest BCUT2D eigenvalue weighted by Crippen LogP contribution is 2.28. The van der Waals surface area contributed by atoms with Crippen LogP contribution in [0.25, 0.3) is 0 Å². The van der Waals surface area contributed by atoms with Gasteiger partial charge in [0.25, 0.3) is 0 Å². The normalized spacial score (nSPS) is 10.6. The Labute approximate surface area is 215 Å². The Morgan fingerprint density at radius 2 is 1.69 bits per heavy atom. The number of amides is 2. The van der Waals surface area contributed by atoms with Gasteiger partial charge < -0.3 is 19.5 Å². The fourth-order valence-electron chi connectivity index (χ4n) is 3.00. The van der Waals surface area contributed by atoms with E-state index in [-0.39, 0.29) is 0 Å². The second kappa shape index (κ2) is 13.7. The number of benzene rings is 3. The van der Waals surface area contributed by atoms with Crippen LogP contribution in [0.2, 0.25) is 5.02 Å². The van der Waals surface area contributed by atoms with E-state index in [1.54, 1.807) is 54.6 Å². The Morgan fingerprint density at radius 3 is 2.39 bits per heavy atom. The van der Waals surface area contributed by atoms with E-state index >= 15 is 0 Å². The molecule has 0 aliphatic rings. The molecule has 2 amide bonds. The largest absolute Gasteiger partial charge is 0.494 e. The third kappa shape index (κ3) is 8.32. The van der Waals surface area contributed by atoms with Crippen molar-refractivity contribution in [3.05, 3.63) is 82.9 Å². The van der Waals surface area contributed by atoms with E-state index in [2.05, 4.69) is 22.8 Å². The van der Waals surface area contributed by atoms with Crippen molar-refractivity contribution in [2.24, 2.45) is 5.10 Å². The van der Waals surface area contributed by atoms with Gasteiger partial charge in [-0.3, -0.25) is 9.59 Å². The summed E-state index contributed by atoms with van der Waals surface area (Å²) in [7, 11) is 1.53. The SMILES string of the molecule is CCCCOc1ccc(NC(=O)C(=O)N/N=C\c2ccc(OCc3ccc(Cl)cc3)c(OC)c2)cc1. The molecule has 188 valence electrons. The fourth-order valence-corrected chi connectivity index (χ4v) is 3.12. The monoisotopic (exact) mass is 509 g/mol. The summed E-state index contributed by atoms with van der Waals surface area (Å²) < 4.78 is 16.8. The van der Waals surface area contributed by atoms with Gasteiger partial charge in [-0.25, -0.2) is 5.43 Å². The summed E-state index contributed by atoms with van der Waals surface area (Å²) >= 11 is 5.91. The first kappa shape index (κ1) is 26.6. The molecule has 0 saturated heterocycles. The van der Waals surface area contributed by atoms with Gasteiger partial charge in [-0.1, -0.05) is 37.1 Å². The van der Waals surface area contributed by atoms with Gasteiger partial charge in [0.2, 0.25) is 0 Å². The summed E-state index contributed by atoms with van der Waals surface area (Å²) in [4.78, 5) is 24.2. The van der Waals surface area contributed by atoms with E-state index in [1.165, 1.54) is 13.3 Å². The first-order valence-electron chi connectivity index (χ1n) is 11.4. The molecule has 9 heteroatoms. The van der Waals surface area contributed by atoms with E-state index in [1.807, 2.05) is 12.1 Å². The number of hydrogen-bond donors (Lipinski definition) is 2. The van der Waals surface area contributed by atoms with Crippen molar-refractivity contribution in [1.29, 1.82) is 0 Å². The van der Waals surface area contributed by atoms with Crippen LogP contribution in [0.5, 0.6) is 17.2 Å². The second-order valence-corrected chi connectivity index (χ2v) is 8.14. The Morgan fingerprint density at radius 1 is 0.944 bits per heavy atom. The number of unbranched alkanes of at least 4 members (excludes halogenated alkanes) is 1. The number of carbonyl (C=O) groups is 2. The maximum absolute atomic E-state index is 12.1. The van der Waals surface area contributed by atoms with Crippen LogP contribution in [0.15, 0.2) is 71.8 Å². The van der Waals surface area contributed by atoms with Gasteiger partial charge in [-0.05, 0) is 72.1 Å². The van der Waals surface area contributed by atoms with Crippen LogP contribution in [-0.4, -0.2) is 31.7 Å². The minimum absolute atomic E-state index is 0.348. The van der Waals surface area contributed by atoms with Gasteiger partial charge in [-0.2, -0.15) is 5.10 Å². The number of ether oxygens (including phenoxy) is 3. The molecule has 0 saturated carbocycles. The number of hydrogen-bond acceptors (Lipinski definition) is 6. The predicted molar refractivity (Wildman–Crippen MR) is 140 cm³/mol. The van der Waals surface area contributed by atoms with Gasteiger partial charge in [-0.15, -0.1) is 0 Å². The van der Waals surface area contributed by atoms with E-state index in [0.717, 1.165) is 18.4 Å². The number of methoxy groups -OCH3 is 1. The minimum Gasteiger partial charge on any atom is -0.494 e. The van der Waals surface area contributed by atoms with Crippen molar-refractivity contribution >= 4 is 35.3 Å². The molecule has 0 atom stereocenters. The topological polar surface area (TPSA) is 98.2 Å². The van der Waals surface area contributed by atoms with Crippen LogP contribution in [0.3, 0.4) is 0 Å². The van der Waals surface area contributed by atoms with Crippen molar-refractivity contribution < 1.29 is 23.8 Å². The lowest BCUT2D eigenvalue weighted by Gasteiger charge is -2.11. The number of hydrazone groups is 1. The molecule has 0 aromatic heterocycles. The summed E-state index contributed by atoms with van der Waals surface area (Å²) in [6.07, 6.45) is 3.41. The molecule has 0 aliphatic heterocycles. The van der Waals surface area contributed by atoms with E-state index in [0.29, 0.717) is 46.7 Å². The average Bonchev–Trinajstić information content (AvgIpc) is 2.89. The molecule has 0 radical (unpaired) electrons. The highest BCUT2D eigenvalue weighted by atomic mass is 35.5. The van der Waals surface area contributed by atoms with Gasteiger partial charge in [0, 0.05) is 10.7 Å². The number of anilines is 1. The van der Waals surface area contributed by atoms with Crippen molar-refractivity contribution in [2.75, 3.05) is 19.0 Å². The zero-order chi connectivity index (χ0) is 25.8. The Kier molecular flexibility index (Phi) is 10.1. The molecule has 0 heterocycles. The van der Waals surface area contributed by atoms with Gasteiger partial charge in [0.05, 0.1) is 19.9 Å². The van der Waals surface area contributed by atoms with Crippen LogP contribution in [0.1, 0.15) is 30.9 Å². The van der Waals surface area contributed by atoms with Crippen LogP contribution in [-0.2, 0) is 16.2 Å². The van der Waals surface area contributed by atoms with Gasteiger partial charge >= 0.3 is 11.8 Å². The third-order valence-corrected chi connectivity index (χ3v) is 5.21. The van der Waals surface area contributed by atoms with Crippen molar-refractivity contribution in [2.45, 2.75) is 26.4 Å². The molecule has 2 N–H and O–H groups in total. The van der Waals surface area contributed by atoms with Crippen LogP contribution < -0.4 is 25.0 Å². The smallest absolute Gasteiger partial charge is 0.329 e. The van der Waals surface area contributed by atoms with Crippen molar-refractivity contribution in [3.63, 3.8) is 0 Å². The quantitative estimate of drug-likeness (QED) is 0.160. The summed E-state index contributed by atoms with van der Waals surface area (Å²) in [5, 5.41) is 7.03. The Balaban J connectivity index is 1.49. The Hall–Kier alpha value is -4.04. The number of rotatable bonds is 11. The summed E-state index contributed by atoms with van der Waals surface area (Å²) in [6.45, 7) is 3.07. The lowest BCUT2D eigenvalue weighted by atomic mass is 10.2. The van der Waals surface area contributed by atoms with Gasteiger partial charge in [0.15, 0.2) is 11.5 Å². The molecule has 8 nitrogen and oxygen atoms in total. The summed E-state index contributed by atoms with van der Waals surface area (Å²) in [6, 6.07) is 19.3. The molecule has 0 unspecified atom stereocenters. The molecule has 0 aliphatic carbocycles. The molecule has 0 spiro atoms. The maximum Gasteiger partial charge on any atom is 0.329 e. The summed E-state index contributed by atoms with van der Waals surface area (Å²) in [5.41, 5.74) is 4.29. The number of halogens is 1. The lowest BCUT2D eigenvalue weighted by molar-refractivity contribution is -0.136. The minimum atomic E-state index is -0.899. The first-order chi connectivity index (χ1) is 17.5. The number of carbonyl (C=O) groups excluding carboxylic acids is 2. The van der Waals surface area contributed by atoms with Crippen molar-refractivity contribution in [3.8, 4) is 17.2 Å². The van der Waals surface area contributed by atoms with E-state index < -0.39 is 11.8 Å². The number of nitrogens with one attached hydrogen (secondary N) is 2. The molecule has 0 fully saturated rings. The van der Waals surface area contributed by atoms with E-state index in [4.69, 9.17) is 25.8 Å². The molecule has 3 aromatic rings. The highest BCUT2D eigenvalue weighted by Gasteiger charge is 2.13. The maximum atomic E-state index is 12.1. The zero-order valence-electron chi connectivity index (χ0n) is 20.1.